The maximum atomic E-state index is 12.3. The summed E-state index contributed by atoms with van der Waals surface area (Å²) in [6.45, 7) is 11.1. The normalized spacial score (nSPS) is 17.9. The molecule has 1 aliphatic heterocycles. The third-order valence-electron chi connectivity index (χ3n) is 4.35. The number of nitrogens with zero attached hydrogens (tertiary/aromatic N) is 4. The molecule has 0 aromatic carbocycles. The molecule has 1 aliphatic rings. The summed E-state index contributed by atoms with van der Waals surface area (Å²) >= 11 is 0. The van der Waals surface area contributed by atoms with Crippen LogP contribution in [0.3, 0.4) is 0 Å². The Morgan fingerprint density at radius 3 is 2.50 bits per heavy atom. The van der Waals surface area contributed by atoms with E-state index < -0.39 is 0 Å². The molecule has 1 fully saturated rings. The largest absolute Gasteiger partial charge is 0.459 e. The van der Waals surface area contributed by atoms with Gasteiger partial charge in [0.1, 0.15) is 0 Å². The van der Waals surface area contributed by atoms with E-state index in [0.29, 0.717) is 24.7 Å². The van der Waals surface area contributed by atoms with Crippen molar-refractivity contribution >= 4 is 5.91 Å². The van der Waals surface area contributed by atoms with Gasteiger partial charge in [-0.3, -0.25) is 9.69 Å². The van der Waals surface area contributed by atoms with E-state index in [4.69, 9.17) is 8.94 Å². The van der Waals surface area contributed by atoms with Crippen LogP contribution in [0.5, 0.6) is 0 Å². The molecule has 0 unspecified atom stereocenters. The second kappa shape index (κ2) is 6.39. The van der Waals surface area contributed by atoms with Gasteiger partial charge in [-0.2, -0.15) is 4.98 Å². The van der Waals surface area contributed by atoms with Gasteiger partial charge in [-0.25, -0.2) is 0 Å². The first kappa shape index (κ1) is 16.7. The van der Waals surface area contributed by atoms with Crippen molar-refractivity contribution in [2.45, 2.75) is 39.2 Å². The highest BCUT2D eigenvalue weighted by Gasteiger charge is 2.30. The van der Waals surface area contributed by atoms with Crippen molar-refractivity contribution in [3.63, 3.8) is 0 Å². The standard InChI is InChI=1S/C17H24N4O3/c1-12(14-18-16(19-24-14)17(2,3)4)20-7-9-21(10-8-20)15(22)13-6-5-11-23-13/h5-6,11-12H,7-10H2,1-4H3/t12-/m1/s1. The molecule has 7 nitrogen and oxygen atoms in total. The molecular formula is C17H24N4O3. The molecule has 1 saturated heterocycles. The van der Waals surface area contributed by atoms with Crippen molar-refractivity contribution < 1.29 is 13.7 Å². The number of furan rings is 1. The Morgan fingerprint density at radius 1 is 1.25 bits per heavy atom. The van der Waals surface area contributed by atoms with Crippen molar-refractivity contribution in [2.75, 3.05) is 26.2 Å². The van der Waals surface area contributed by atoms with Crippen molar-refractivity contribution in [2.24, 2.45) is 0 Å². The maximum absolute atomic E-state index is 12.3. The topological polar surface area (TPSA) is 75.6 Å². The van der Waals surface area contributed by atoms with E-state index in [2.05, 4.69) is 42.7 Å². The molecule has 130 valence electrons. The van der Waals surface area contributed by atoms with Crippen LogP contribution in [0.4, 0.5) is 0 Å². The van der Waals surface area contributed by atoms with E-state index >= 15 is 0 Å². The zero-order valence-electron chi connectivity index (χ0n) is 14.7. The van der Waals surface area contributed by atoms with Gasteiger partial charge >= 0.3 is 0 Å². The van der Waals surface area contributed by atoms with Crippen molar-refractivity contribution in [3.05, 3.63) is 35.9 Å². The highest BCUT2D eigenvalue weighted by Crippen LogP contribution is 2.24. The van der Waals surface area contributed by atoms with Crippen LogP contribution in [0, 0.1) is 0 Å². The fraction of sp³-hybridized carbons (Fsp3) is 0.588. The van der Waals surface area contributed by atoms with Crippen molar-refractivity contribution in [3.8, 4) is 0 Å². The van der Waals surface area contributed by atoms with Gasteiger partial charge in [0.15, 0.2) is 11.6 Å². The highest BCUT2D eigenvalue weighted by atomic mass is 16.5. The number of piperazine rings is 1. The van der Waals surface area contributed by atoms with Crippen LogP contribution in [0.2, 0.25) is 0 Å². The van der Waals surface area contributed by atoms with Crippen LogP contribution in [0.1, 0.15) is 56.0 Å². The second-order valence-corrected chi connectivity index (χ2v) is 7.19. The predicted octanol–water partition coefficient (Wildman–Crippen LogP) is 2.48. The number of hydrogen-bond donors (Lipinski definition) is 0. The summed E-state index contributed by atoms with van der Waals surface area (Å²) in [5.74, 6) is 1.69. The van der Waals surface area contributed by atoms with E-state index in [9.17, 15) is 4.79 Å². The molecule has 7 heteroatoms. The van der Waals surface area contributed by atoms with Crippen LogP contribution in [0.15, 0.2) is 27.3 Å². The van der Waals surface area contributed by atoms with Gasteiger partial charge in [0.05, 0.1) is 12.3 Å². The molecule has 0 bridgehead atoms. The van der Waals surface area contributed by atoms with Crippen LogP contribution < -0.4 is 0 Å². The SMILES string of the molecule is C[C@H](c1nc(C(C)(C)C)no1)N1CCN(C(=O)c2ccco2)CC1. The molecule has 0 saturated carbocycles. The lowest BCUT2D eigenvalue weighted by atomic mass is 9.96. The first-order valence-electron chi connectivity index (χ1n) is 8.27. The fourth-order valence-electron chi connectivity index (χ4n) is 2.73. The maximum Gasteiger partial charge on any atom is 0.289 e. The summed E-state index contributed by atoms with van der Waals surface area (Å²) in [6.07, 6.45) is 1.52. The van der Waals surface area contributed by atoms with Gasteiger partial charge in [0.25, 0.3) is 5.91 Å². The summed E-state index contributed by atoms with van der Waals surface area (Å²) < 4.78 is 10.6. The van der Waals surface area contributed by atoms with Crippen LogP contribution in [0.25, 0.3) is 0 Å². The second-order valence-electron chi connectivity index (χ2n) is 7.19. The number of hydrogen-bond acceptors (Lipinski definition) is 6. The van der Waals surface area contributed by atoms with E-state index in [1.807, 2.05) is 4.90 Å². The first-order valence-corrected chi connectivity index (χ1v) is 8.27. The van der Waals surface area contributed by atoms with Crippen molar-refractivity contribution in [1.82, 2.24) is 19.9 Å². The van der Waals surface area contributed by atoms with E-state index in [-0.39, 0.29) is 17.4 Å². The number of carbonyl (C=O) groups is 1. The Hall–Kier alpha value is -2.15. The molecule has 1 amide bonds. The summed E-state index contributed by atoms with van der Waals surface area (Å²) in [4.78, 5) is 20.9. The molecular weight excluding hydrogens is 308 g/mol. The summed E-state index contributed by atoms with van der Waals surface area (Å²) in [7, 11) is 0. The quantitative estimate of drug-likeness (QED) is 0.859. The highest BCUT2D eigenvalue weighted by molar-refractivity contribution is 5.91. The molecule has 24 heavy (non-hydrogen) atoms. The molecule has 0 aliphatic carbocycles. The zero-order chi connectivity index (χ0) is 17.3. The zero-order valence-corrected chi connectivity index (χ0v) is 14.7. The van der Waals surface area contributed by atoms with Crippen LogP contribution in [-0.4, -0.2) is 52.0 Å². The van der Waals surface area contributed by atoms with Gasteiger partial charge in [0, 0.05) is 31.6 Å². The Bertz CT molecular complexity index is 679. The minimum absolute atomic E-state index is 0.0365. The van der Waals surface area contributed by atoms with E-state index in [0.717, 1.165) is 18.9 Å². The van der Waals surface area contributed by atoms with Crippen LogP contribution >= 0.6 is 0 Å². The molecule has 2 aromatic rings. The number of carbonyl (C=O) groups excluding carboxylic acids is 1. The molecule has 0 N–H and O–H groups in total. The lowest BCUT2D eigenvalue weighted by molar-refractivity contribution is 0.0524. The minimum atomic E-state index is -0.129. The number of rotatable bonds is 3. The molecule has 0 spiro atoms. The number of aromatic nitrogens is 2. The molecule has 1 atom stereocenters. The first-order chi connectivity index (χ1) is 11.4. The molecule has 2 aromatic heterocycles. The summed E-state index contributed by atoms with van der Waals surface area (Å²) in [5, 5.41) is 4.09. The van der Waals surface area contributed by atoms with E-state index in [1.54, 1.807) is 12.1 Å². The van der Waals surface area contributed by atoms with Gasteiger partial charge in [-0.1, -0.05) is 25.9 Å². The van der Waals surface area contributed by atoms with E-state index in [1.165, 1.54) is 6.26 Å². The van der Waals surface area contributed by atoms with Gasteiger partial charge in [-0.15, -0.1) is 0 Å². The van der Waals surface area contributed by atoms with Gasteiger partial charge < -0.3 is 13.8 Å². The Balaban J connectivity index is 1.60. The molecule has 3 rings (SSSR count). The monoisotopic (exact) mass is 332 g/mol. The molecule has 0 radical (unpaired) electrons. The third-order valence-corrected chi connectivity index (χ3v) is 4.35. The third kappa shape index (κ3) is 3.36. The van der Waals surface area contributed by atoms with Gasteiger partial charge in [-0.05, 0) is 19.1 Å². The lowest BCUT2D eigenvalue weighted by Crippen LogP contribution is -2.49. The smallest absolute Gasteiger partial charge is 0.289 e. The Kier molecular flexibility index (Phi) is 4.45. The molecule has 3 heterocycles. The average molecular weight is 332 g/mol. The Morgan fingerprint density at radius 2 is 1.96 bits per heavy atom. The minimum Gasteiger partial charge on any atom is -0.459 e. The van der Waals surface area contributed by atoms with Crippen LogP contribution in [-0.2, 0) is 5.41 Å². The average Bonchev–Trinajstić information content (AvgIpc) is 3.24. The van der Waals surface area contributed by atoms with Gasteiger partial charge in [0.2, 0.25) is 5.89 Å². The summed E-state index contributed by atoms with van der Waals surface area (Å²) in [6, 6.07) is 3.46. The summed E-state index contributed by atoms with van der Waals surface area (Å²) in [5.41, 5.74) is -0.129. The lowest BCUT2D eigenvalue weighted by Gasteiger charge is -2.36. The van der Waals surface area contributed by atoms with Crippen molar-refractivity contribution in [1.29, 1.82) is 0 Å². The Labute approximate surface area is 141 Å². The predicted molar refractivity (Wildman–Crippen MR) is 87.6 cm³/mol. The number of amides is 1. The fourth-order valence-corrected chi connectivity index (χ4v) is 2.73.